The first-order valence-corrected chi connectivity index (χ1v) is 7.59. The predicted molar refractivity (Wildman–Crippen MR) is 83.7 cm³/mol. The van der Waals surface area contributed by atoms with Gasteiger partial charge in [-0.1, -0.05) is 15.9 Å². The largest absolute Gasteiger partial charge is 0.465 e. The van der Waals surface area contributed by atoms with Crippen LogP contribution in [0.15, 0.2) is 45.9 Å². The van der Waals surface area contributed by atoms with E-state index in [0.29, 0.717) is 11.3 Å². The van der Waals surface area contributed by atoms with E-state index in [-0.39, 0.29) is 5.97 Å². The van der Waals surface area contributed by atoms with Crippen molar-refractivity contribution in [2.75, 3.05) is 12.8 Å². The molecule has 0 saturated carbocycles. The van der Waals surface area contributed by atoms with Gasteiger partial charge in [-0.25, -0.2) is 4.79 Å². The molecule has 0 saturated heterocycles. The molecule has 0 spiro atoms. The number of esters is 1. The van der Waals surface area contributed by atoms with Gasteiger partial charge in [0.15, 0.2) is 0 Å². The number of ether oxygens (including phenoxy) is 1. The summed E-state index contributed by atoms with van der Waals surface area (Å²) in [5.41, 5.74) is 7.98. The number of hydrogen-bond acceptors (Lipinski definition) is 5. The summed E-state index contributed by atoms with van der Waals surface area (Å²) in [4.78, 5) is 16.5. The van der Waals surface area contributed by atoms with E-state index in [1.54, 1.807) is 17.8 Å². The molecule has 20 heavy (non-hydrogen) atoms. The average Bonchev–Trinajstić information content (AvgIpc) is 2.48. The first-order valence-electron chi connectivity index (χ1n) is 5.81. The Morgan fingerprint density at radius 1 is 1.40 bits per heavy atom. The number of nitrogens with zero attached hydrogens (tertiary/aromatic N) is 1. The molecule has 2 N–H and O–H groups in total. The summed E-state index contributed by atoms with van der Waals surface area (Å²) >= 11 is 5.02. The van der Waals surface area contributed by atoms with E-state index in [9.17, 15) is 4.79 Å². The van der Waals surface area contributed by atoms with Crippen LogP contribution in [0.3, 0.4) is 0 Å². The quantitative estimate of drug-likeness (QED) is 0.518. The van der Waals surface area contributed by atoms with Crippen LogP contribution in [0.4, 0.5) is 5.69 Å². The Labute approximate surface area is 129 Å². The molecule has 0 amide bonds. The van der Waals surface area contributed by atoms with E-state index < -0.39 is 0 Å². The molecular weight excluding hydrogens is 340 g/mol. The molecule has 1 aromatic heterocycles. The molecule has 0 aliphatic heterocycles. The molecule has 1 aromatic carbocycles. The highest BCUT2D eigenvalue weighted by atomic mass is 79.9. The second kappa shape index (κ2) is 6.76. The van der Waals surface area contributed by atoms with Gasteiger partial charge in [0.1, 0.15) is 0 Å². The Morgan fingerprint density at radius 3 is 2.85 bits per heavy atom. The van der Waals surface area contributed by atoms with Gasteiger partial charge in [-0.05, 0) is 30.3 Å². The molecule has 6 heteroatoms. The monoisotopic (exact) mass is 352 g/mol. The molecule has 0 fully saturated rings. The van der Waals surface area contributed by atoms with Crippen molar-refractivity contribution >= 4 is 39.3 Å². The van der Waals surface area contributed by atoms with Gasteiger partial charge in [-0.15, -0.1) is 11.8 Å². The Morgan fingerprint density at radius 2 is 2.20 bits per heavy atom. The average molecular weight is 353 g/mol. The molecule has 0 atom stereocenters. The fourth-order valence-corrected chi connectivity index (χ4v) is 2.97. The molecule has 0 radical (unpaired) electrons. The summed E-state index contributed by atoms with van der Waals surface area (Å²) in [5, 5.41) is 0. The third-order valence-corrected chi connectivity index (χ3v) is 4.19. The van der Waals surface area contributed by atoms with Crippen LogP contribution in [0, 0.1) is 0 Å². The van der Waals surface area contributed by atoms with Crippen LogP contribution >= 0.6 is 27.7 Å². The fraction of sp³-hybridized carbons (Fsp3) is 0.143. The molecular formula is C14H13BrN2O2S. The molecule has 4 nitrogen and oxygen atoms in total. The van der Waals surface area contributed by atoms with E-state index >= 15 is 0 Å². The summed E-state index contributed by atoms with van der Waals surface area (Å²) in [6.07, 6.45) is 1.52. The number of thioether (sulfide) groups is 1. The summed E-state index contributed by atoms with van der Waals surface area (Å²) in [6.45, 7) is 0. The lowest BCUT2D eigenvalue weighted by Crippen LogP contribution is -2.02. The van der Waals surface area contributed by atoms with Crippen LogP contribution < -0.4 is 5.73 Å². The lowest BCUT2D eigenvalue weighted by molar-refractivity contribution is 0.0600. The number of pyridine rings is 1. The number of carbonyl (C=O) groups is 1. The van der Waals surface area contributed by atoms with Crippen molar-refractivity contribution in [3.8, 4) is 0 Å². The van der Waals surface area contributed by atoms with E-state index in [2.05, 4.69) is 25.7 Å². The highest BCUT2D eigenvalue weighted by Gasteiger charge is 2.06. The highest BCUT2D eigenvalue weighted by Crippen LogP contribution is 2.30. The molecule has 0 bridgehead atoms. The van der Waals surface area contributed by atoms with Gasteiger partial charge in [0, 0.05) is 27.0 Å². The zero-order chi connectivity index (χ0) is 14.5. The van der Waals surface area contributed by atoms with E-state index in [0.717, 1.165) is 20.7 Å². The van der Waals surface area contributed by atoms with Crippen LogP contribution in [-0.2, 0) is 10.5 Å². The minimum atomic E-state index is -0.382. The molecule has 104 valence electrons. The number of rotatable bonds is 4. The standard InChI is InChI=1S/C14H13BrN2O2S/c1-19-14(18)9-2-4-11(17-7-9)8-20-13-6-10(15)3-5-12(13)16/h2-7H,8,16H2,1H3. The number of aromatic nitrogens is 1. The van der Waals surface area contributed by atoms with Gasteiger partial charge >= 0.3 is 5.97 Å². The van der Waals surface area contributed by atoms with Crippen molar-refractivity contribution in [2.45, 2.75) is 10.6 Å². The number of hydrogen-bond donors (Lipinski definition) is 1. The summed E-state index contributed by atoms with van der Waals surface area (Å²) in [5.74, 6) is 0.301. The van der Waals surface area contributed by atoms with Crippen LogP contribution in [-0.4, -0.2) is 18.1 Å². The molecule has 2 aromatic rings. The third-order valence-electron chi connectivity index (χ3n) is 2.60. The first-order chi connectivity index (χ1) is 9.60. The lowest BCUT2D eigenvalue weighted by atomic mass is 10.2. The van der Waals surface area contributed by atoms with Crippen LogP contribution in [0.25, 0.3) is 0 Å². The lowest BCUT2D eigenvalue weighted by Gasteiger charge is -2.06. The number of nitrogen functional groups attached to an aromatic ring is 1. The molecule has 2 rings (SSSR count). The Hall–Kier alpha value is -1.53. The molecule has 1 heterocycles. The second-order valence-corrected chi connectivity index (χ2v) is 5.93. The second-order valence-electron chi connectivity index (χ2n) is 4.00. The van der Waals surface area contributed by atoms with Crippen molar-refractivity contribution in [1.29, 1.82) is 0 Å². The zero-order valence-electron chi connectivity index (χ0n) is 10.8. The zero-order valence-corrected chi connectivity index (χ0v) is 13.2. The van der Waals surface area contributed by atoms with Crippen LogP contribution in [0.1, 0.15) is 16.1 Å². The smallest absolute Gasteiger partial charge is 0.339 e. The van der Waals surface area contributed by atoms with Crippen molar-refractivity contribution in [1.82, 2.24) is 4.98 Å². The number of nitrogens with two attached hydrogens (primary N) is 1. The first kappa shape index (κ1) is 14.9. The Kier molecular flexibility index (Phi) is 5.03. The van der Waals surface area contributed by atoms with Gasteiger partial charge < -0.3 is 10.5 Å². The number of carbonyl (C=O) groups excluding carboxylic acids is 1. The minimum absolute atomic E-state index is 0.382. The van der Waals surface area contributed by atoms with Gasteiger partial charge in [0.25, 0.3) is 0 Å². The van der Waals surface area contributed by atoms with E-state index in [1.807, 2.05) is 24.3 Å². The highest BCUT2D eigenvalue weighted by molar-refractivity contribution is 9.10. The maximum atomic E-state index is 11.3. The minimum Gasteiger partial charge on any atom is -0.465 e. The van der Waals surface area contributed by atoms with Crippen molar-refractivity contribution in [3.05, 3.63) is 52.3 Å². The predicted octanol–water partition coefficient (Wildman–Crippen LogP) is 3.51. The normalized spacial score (nSPS) is 10.3. The fourth-order valence-electron chi connectivity index (χ4n) is 1.53. The maximum absolute atomic E-state index is 11.3. The Bertz CT molecular complexity index is 617. The van der Waals surface area contributed by atoms with Crippen LogP contribution in [0.5, 0.6) is 0 Å². The van der Waals surface area contributed by atoms with E-state index in [1.165, 1.54) is 13.3 Å². The molecule has 0 aliphatic carbocycles. The SMILES string of the molecule is COC(=O)c1ccc(CSc2cc(Br)ccc2N)nc1. The van der Waals surface area contributed by atoms with Gasteiger partial charge in [-0.2, -0.15) is 0 Å². The van der Waals surface area contributed by atoms with E-state index in [4.69, 9.17) is 5.73 Å². The van der Waals surface area contributed by atoms with Crippen molar-refractivity contribution in [2.24, 2.45) is 0 Å². The number of anilines is 1. The number of halogens is 1. The summed E-state index contributed by atoms with van der Waals surface area (Å²) < 4.78 is 5.62. The van der Waals surface area contributed by atoms with Crippen molar-refractivity contribution in [3.63, 3.8) is 0 Å². The summed E-state index contributed by atoms with van der Waals surface area (Å²) in [7, 11) is 1.35. The Balaban J connectivity index is 2.04. The maximum Gasteiger partial charge on any atom is 0.339 e. The van der Waals surface area contributed by atoms with Crippen molar-refractivity contribution < 1.29 is 9.53 Å². The number of benzene rings is 1. The number of methoxy groups -OCH3 is 1. The molecule has 0 aliphatic rings. The van der Waals surface area contributed by atoms with Gasteiger partial charge in [0.05, 0.1) is 18.4 Å². The van der Waals surface area contributed by atoms with Crippen LogP contribution in [0.2, 0.25) is 0 Å². The topological polar surface area (TPSA) is 65.2 Å². The van der Waals surface area contributed by atoms with Gasteiger partial charge in [0.2, 0.25) is 0 Å². The van der Waals surface area contributed by atoms with Gasteiger partial charge in [-0.3, -0.25) is 4.98 Å². The third kappa shape index (κ3) is 3.74. The summed E-state index contributed by atoms with van der Waals surface area (Å²) in [6, 6.07) is 9.26. The molecule has 0 unspecified atom stereocenters.